The van der Waals surface area contributed by atoms with Gasteiger partial charge in [0.25, 0.3) is 5.91 Å². The molecule has 29 heavy (non-hydrogen) atoms. The standard InChI is InChI=1S/C22H19F2NO4/c1-27-18-11-10-14(22(26)25-21-16(23)6-5-7-17(21)24)12-15(18)13-29-20-9-4-3-8-19(20)28-2/h3-12H,13H2,1-2H3,(H,25,26). The molecule has 0 spiro atoms. The first-order valence-electron chi connectivity index (χ1n) is 8.71. The van der Waals surface area contributed by atoms with Crippen LogP contribution in [0.5, 0.6) is 17.2 Å². The number of hydrogen-bond donors (Lipinski definition) is 1. The average molecular weight is 399 g/mol. The summed E-state index contributed by atoms with van der Waals surface area (Å²) in [5, 5.41) is 2.26. The number of hydrogen-bond acceptors (Lipinski definition) is 4. The third-order valence-electron chi connectivity index (χ3n) is 4.20. The van der Waals surface area contributed by atoms with Crippen molar-refractivity contribution in [2.45, 2.75) is 6.61 Å². The SMILES string of the molecule is COc1ccc(C(=O)Nc2c(F)cccc2F)cc1COc1ccccc1OC. The number of rotatable bonds is 7. The van der Waals surface area contributed by atoms with E-state index in [0.717, 1.165) is 12.1 Å². The van der Waals surface area contributed by atoms with E-state index in [4.69, 9.17) is 14.2 Å². The Morgan fingerprint density at radius 2 is 1.52 bits per heavy atom. The molecule has 0 fully saturated rings. The summed E-state index contributed by atoms with van der Waals surface area (Å²) in [6, 6.07) is 15.1. The van der Waals surface area contributed by atoms with Crippen molar-refractivity contribution in [2.24, 2.45) is 0 Å². The Bertz CT molecular complexity index is 1000. The van der Waals surface area contributed by atoms with Gasteiger partial charge in [0.05, 0.1) is 14.2 Å². The van der Waals surface area contributed by atoms with Crippen molar-refractivity contribution >= 4 is 11.6 Å². The third kappa shape index (κ3) is 4.63. The van der Waals surface area contributed by atoms with Crippen molar-refractivity contribution in [2.75, 3.05) is 19.5 Å². The van der Waals surface area contributed by atoms with Gasteiger partial charge in [-0.25, -0.2) is 8.78 Å². The van der Waals surface area contributed by atoms with Gasteiger partial charge in [-0.05, 0) is 42.5 Å². The van der Waals surface area contributed by atoms with Crippen LogP contribution in [-0.4, -0.2) is 20.1 Å². The Morgan fingerprint density at radius 1 is 0.862 bits per heavy atom. The monoisotopic (exact) mass is 399 g/mol. The van der Waals surface area contributed by atoms with Gasteiger partial charge >= 0.3 is 0 Å². The highest BCUT2D eigenvalue weighted by molar-refractivity contribution is 6.04. The lowest BCUT2D eigenvalue weighted by Gasteiger charge is -2.14. The molecule has 0 saturated heterocycles. The van der Waals surface area contributed by atoms with Crippen molar-refractivity contribution in [1.82, 2.24) is 0 Å². The van der Waals surface area contributed by atoms with Gasteiger partial charge in [-0.3, -0.25) is 4.79 Å². The molecule has 0 atom stereocenters. The molecule has 0 radical (unpaired) electrons. The fourth-order valence-electron chi connectivity index (χ4n) is 2.73. The molecule has 0 aliphatic heterocycles. The van der Waals surface area contributed by atoms with Crippen LogP contribution < -0.4 is 19.5 Å². The Labute approximate surface area is 166 Å². The van der Waals surface area contributed by atoms with Gasteiger partial charge < -0.3 is 19.5 Å². The molecular formula is C22H19F2NO4. The Balaban J connectivity index is 1.82. The average Bonchev–Trinajstić information content (AvgIpc) is 2.74. The molecule has 0 unspecified atom stereocenters. The maximum atomic E-state index is 13.8. The predicted molar refractivity (Wildman–Crippen MR) is 105 cm³/mol. The number of carbonyl (C=O) groups excluding carboxylic acids is 1. The number of carbonyl (C=O) groups is 1. The number of amides is 1. The molecule has 1 N–H and O–H groups in total. The van der Waals surface area contributed by atoms with Crippen molar-refractivity contribution < 1.29 is 27.8 Å². The number of anilines is 1. The molecule has 3 rings (SSSR count). The van der Waals surface area contributed by atoms with E-state index in [1.807, 2.05) is 12.1 Å². The number of ether oxygens (including phenoxy) is 3. The summed E-state index contributed by atoms with van der Waals surface area (Å²) in [5.41, 5.74) is 0.285. The van der Waals surface area contributed by atoms with Crippen LogP contribution >= 0.6 is 0 Å². The van der Waals surface area contributed by atoms with Crippen LogP contribution in [0.15, 0.2) is 60.7 Å². The maximum absolute atomic E-state index is 13.8. The van der Waals surface area contributed by atoms with Gasteiger partial charge in [0.15, 0.2) is 11.5 Å². The van der Waals surface area contributed by atoms with E-state index < -0.39 is 23.2 Å². The van der Waals surface area contributed by atoms with E-state index in [9.17, 15) is 13.6 Å². The lowest BCUT2D eigenvalue weighted by Crippen LogP contribution is -2.15. The summed E-state index contributed by atoms with van der Waals surface area (Å²) >= 11 is 0. The predicted octanol–water partition coefficient (Wildman–Crippen LogP) is 4.81. The van der Waals surface area contributed by atoms with Gasteiger partial charge in [-0.2, -0.15) is 0 Å². The zero-order valence-corrected chi connectivity index (χ0v) is 15.9. The summed E-state index contributed by atoms with van der Waals surface area (Å²) in [4.78, 5) is 12.5. The first-order valence-corrected chi connectivity index (χ1v) is 8.71. The maximum Gasteiger partial charge on any atom is 0.255 e. The van der Waals surface area contributed by atoms with Crippen LogP contribution in [0, 0.1) is 11.6 Å². The molecule has 0 aliphatic rings. The summed E-state index contributed by atoms with van der Waals surface area (Å²) in [6.07, 6.45) is 0. The zero-order chi connectivity index (χ0) is 20.8. The number of para-hydroxylation sites is 3. The zero-order valence-electron chi connectivity index (χ0n) is 15.9. The summed E-state index contributed by atoms with van der Waals surface area (Å²) in [5.74, 6) is -0.766. The van der Waals surface area contributed by atoms with Crippen LogP contribution in [-0.2, 0) is 6.61 Å². The lowest BCUT2D eigenvalue weighted by atomic mass is 10.1. The molecule has 3 aromatic carbocycles. The smallest absolute Gasteiger partial charge is 0.255 e. The molecule has 1 amide bonds. The summed E-state index contributed by atoms with van der Waals surface area (Å²) in [7, 11) is 3.03. The second-order valence-corrected chi connectivity index (χ2v) is 6.02. The van der Waals surface area contributed by atoms with Crippen LogP contribution in [0.3, 0.4) is 0 Å². The summed E-state index contributed by atoms with van der Waals surface area (Å²) in [6.45, 7) is 0.0960. The van der Waals surface area contributed by atoms with Crippen molar-refractivity contribution in [1.29, 1.82) is 0 Å². The molecule has 3 aromatic rings. The number of benzene rings is 3. The minimum Gasteiger partial charge on any atom is -0.496 e. The van der Waals surface area contributed by atoms with Gasteiger partial charge in [0.1, 0.15) is 29.7 Å². The van der Waals surface area contributed by atoms with Crippen LogP contribution in [0.1, 0.15) is 15.9 Å². The van der Waals surface area contributed by atoms with E-state index in [-0.39, 0.29) is 12.2 Å². The third-order valence-corrected chi connectivity index (χ3v) is 4.20. The molecule has 150 valence electrons. The van der Waals surface area contributed by atoms with Gasteiger partial charge in [0.2, 0.25) is 0 Å². The Morgan fingerprint density at radius 3 is 2.17 bits per heavy atom. The second kappa shape index (κ2) is 9.05. The van der Waals surface area contributed by atoms with Gasteiger partial charge in [-0.15, -0.1) is 0 Å². The van der Waals surface area contributed by atoms with Gasteiger partial charge in [-0.1, -0.05) is 18.2 Å². The van der Waals surface area contributed by atoms with E-state index >= 15 is 0 Å². The molecule has 7 heteroatoms. The van der Waals surface area contributed by atoms with Gasteiger partial charge in [0, 0.05) is 11.1 Å². The van der Waals surface area contributed by atoms with E-state index in [2.05, 4.69) is 5.32 Å². The largest absolute Gasteiger partial charge is 0.496 e. The quantitative estimate of drug-likeness (QED) is 0.619. The minimum absolute atomic E-state index is 0.0960. The molecular weight excluding hydrogens is 380 g/mol. The normalized spacial score (nSPS) is 10.3. The van der Waals surface area contributed by atoms with Crippen LogP contribution in [0.2, 0.25) is 0 Å². The minimum atomic E-state index is -0.855. The first-order chi connectivity index (χ1) is 14.0. The molecule has 0 aliphatic carbocycles. The fraction of sp³-hybridized carbons (Fsp3) is 0.136. The molecule has 5 nitrogen and oxygen atoms in total. The highest BCUT2D eigenvalue weighted by Gasteiger charge is 2.16. The van der Waals surface area contributed by atoms with E-state index in [1.54, 1.807) is 24.3 Å². The summed E-state index contributed by atoms with van der Waals surface area (Å²) < 4.78 is 44.0. The van der Waals surface area contributed by atoms with Crippen molar-refractivity contribution in [3.63, 3.8) is 0 Å². The van der Waals surface area contributed by atoms with E-state index in [0.29, 0.717) is 22.8 Å². The molecule has 0 heterocycles. The topological polar surface area (TPSA) is 56.8 Å². The van der Waals surface area contributed by atoms with Crippen LogP contribution in [0.4, 0.5) is 14.5 Å². The van der Waals surface area contributed by atoms with Crippen LogP contribution in [0.25, 0.3) is 0 Å². The first kappa shape index (κ1) is 20.1. The molecule has 0 saturated carbocycles. The number of halogens is 2. The van der Waals surface area contributed by atoms with Crippen molar-refractivity contribution in [3.8, 4) is 17.2 Å². The molecule has 0 aromatic heterocycles. The highest BCUT2D eigenvalue weighted by atomic mass is 19.1. The Kier molecular flexibility index (Phi) is 6.29. The van der Waals surface area contributed by atoms with E-state index in [1.165, 1.54) is 26.4 Å². The molecule has 0 bridgehead atoms. The Hall–Kier alpha value is -3.61. The van der Waals surface area contributed by atoms with Crippen molar-refractivity contribution in [3.05, 3.63) is 83.4 Å². The lowest BCUT2D eigenvalue weighted by molar-refractivity contribution is 0.102. The highest BCUT2D eigenvalue weighted by Crippen LogP contribution is 2.29. The fourth-order valence-corrected chi connectivity index (χ4v) is 2.73. The number of nitrogens with one attached hydrogen (secondary N) is 1. The number of methoxy groups -OCH3 is 2. The second-order valence-electron chi connectivity index (χ2n) is 6.02.